The van der Waals surface area contributed by atoms with Crippen LogP contribution in [0, 0.1) is 6.92 Å². The third-order valence-corrected chi connectivity index (χ3v) is 6.08. The van der Waals surface area contributed by atoms with E-state index in [1.807, 2.05) is 6.92 Å². The number of amides is 1. The molecule has 0 saturated carbocycles. The summed E-state index contributed by atoms with van der Waals surface area (Å²) in [5.41, 5.74) is 2.55. The number of hydrogen-bond donors (Lipinski definition) is 2. The fourth-order valence-corrected chi connectivity index (χ4v) is 4.61. The van der Waals surface area contributed by atoms with Crippen molar-refractivity contribution in [2.24, 2.45) is 0 Å². The first kappa shape index (κ1) is 14.3. The largest absolute Gasteiger partial charge is 0.477 e. The van der Waals surface area contributed by atoms with Crippen molar-refractivity contribution in [2.75, 3.05) is 5.32 Å². The summed E-state index contributed by atoms with van der Waals surface area (Å²) < 4.78 is 0. The van der Waals surface area contributed by atoms with Crippen molar-refractivity contribution in [3.63, 3.8) is 0 Å². The zero-order valence-corrected chi connectivity index (χ0v) is 13.2. The zero-order valence-electron chi connectivity index (χ0n) is 11.6. The van der Waals surface area contributed by atoms with Crippen molar-refractivity contribution >= 4 is 39.6 Å². The summed E-state index contributed by atoms with van der Waals surface area (Å²) in [4.78, 5) is 25.1. The zero-order chi connectivity index (χ0) is 15.0. The number of carbonyl (C=O) groups excluding carboxylic acids is 1. The Bertz CT molecular complexity index is 715. The summed E-state index contributed by atoms with van der Waals surface area (Å²) >= 11 is 2.66. The van der Waals surface area contributed by atoms with Gasteiger partial charge in [-0.15, -0.1) is 22.7 Å². The molecule has 0 aliphatic heterocycles. The molecule has 2 N–H and O–H groups in total. The average molecular weight is 321 g/mol. The third kappa shape index (κ3) is 2.73. The molecular weight excluding hydrogens is 306 g/mol. The van der Waals surface area contributed by atoms with Gasteiger partial charge >= 0.3 is 5.97 Å². The van der Waals surface area contributed by atoms with Crippen LogP contribution in [0.3, 0.4) is 0 Å². The molecule has 0 spiro atoms. The molecule has 1 aliphatic rings. The number of aryl methyl sites for hydroxylation is 1. The lowest BCUT2D eigenvalue weighted by Crippen LogP contribution is -2.09. The van der Waals surface area contributed by atoms with Crippen molar-refractivity contribution in [1.29, 1.82) is 0 Å². The van der Waals surface area contributed by atoms with Gasteiger partial charge in [-0.05, 0) is 55.9 Å². The monoisotopic (exact) mass is 321 g/mol. The molecule has 2 aromatic rings. The van der Waals surface area contributed by atoms with Crippen LogP contribution in [0.25, 0.3) is 0 Å². The lowest BCUT2D eigenvalue weighted by molar-refractivity contribution is 0.0702. The van der Waals surface area contributed by atoms with Crippen LogP contribution < -0.4 is 5.32 Å². The molecular formula is C15H15NO3S2. The van der Waals surface area contributed by atoms with Gasteiger partial charge in [-0.1, -0.05) is 0 Å². The van der Waals surface area contributed by atoms with Crippen molar-refractivity contribution in [3.05, 3.63) is 37.9 Å². The number of carboxylic acid groups (broad SMARTS) is 1. The number of aromatic carboxylic acids is 1. The van der Waals surface area contributed by atoms with E-state index in [0.29, 0.717) is 4.88 Å². The Morgan fingerprint density at radius 3 is 2.52 bits per heavy atom. The number of fused-ring (bicyclic) bond motifs is 1. The minimum Gasteiger partial charge on any atom is -0.477 e. The van der Waals surface area contributed by atoms with Crippen LogP contribution >= 0.6 is 22.7 Å². The molecule has 110 valence electrons. The van der Waals surface area contributed by atoms with Crippen molar-refractivity contribution < 1.29 is 14.7 Å². The van der Waals surface area contributed by atoms with Gasteiger partial charge < -0.3 is 10.4 Å². The maximum absolute atomic E-state index is 12.2. The molecule has 3 rings (SSSR count). The van der Waals surface area contributed by atoms with E-state index >= 15 is 0 Å². The Kier molecular flexibility index (Phi) is 3.82. The average Bonchev–Trinajstić information content (AvgIpc) is 3.06. The maximum atomic E-state index is 12.2. The van der Waals surface area contributed by atoms with Crippen molar-refractivity contribution in [1.82, 2.24) is 0 Å². The van der Waals surface area contributed by atoms with Crippen LogP contribution in [-0.2, 0) is 12.8 Å². The second-order valence-electron chi connectivity index (χ2n) is 5.09. The van der Waals surface area contributed by atoms with Crippen LogP contribution in [-0.4, -0.2) is 17.0 Å². The molecule has 1 aliphatic carbocycles. The maximum Gasteiger partial charge on any atom is 0.345 e. The fourth-order valence-electron chi connectivity index (χ4n) is 2.58. The van der Waals surface area contributed by atoms with E-state index in [1.165, 1.54) is 29.3 Å². The first-order valence-electron chi connectivity index (χ1n) is 6.82. The van der Waals surface area contributed by atoms with E-state index < -0.39 is 5.97 Å². The topological polar surface area (TPSA) is 66.4 Å². The van der Waals surface area contributed by atoms with Crippen molar-refractivity contribution in [3.8, 4) is 0 Å². The standard InChI is InChI=1S/C15H15NO3S2/c1-8-9-4-2-3-5-10(9)21-14(8)16-13(17)11-6-7-12(20-11)15(18)19/h6-7H,2-5H2,1H3,(H,16,17)(H,18,19). The van der Waals surface area contributed by atoms with E-state index in [1.54, 1.807) is 17.4 Å². The minimum absolute atomic E-state index is 0.183. The highest BCUT2D eigenvalue weighted by atomic mass is 32.1. The number of thiophene rings is 2. The lowest BCUT2D eigenvalue weighted by atomic mass is 9.96. The normalized spacial score (nSPS) is 13.8. The van der Waals surface area contributed by atoms with Gasteiger partial charge in [-0.3, -0.25) is 4.79 Å². The molecule has 0 fully saturated rings. The van der Waals surface area contributed by atoms with Crippen LogP contribution in [0.4, 0.5) is 5.00 Å². The highest BCUT2D eigenvalue weighted by Crippen LogP contribution is 2.37. The van der Waals surface area contributed by atoms with Gasteiger partial charge in [0.05, 0.1) is 9.88 Å². The van der Waals surface area contributed by atoms with Gasteiger partial charge in [0.15, 0.2) is 0 Å². The molecule has 1 amide bonds. The molecule has 0 atom stereocenters. The summed E-state index contributed by atoms with van der Waals surface area (Å²) in [7, 11) is 0. The molecule has 0 unspecified atom stereocenters. The predicted molar refractivity (Wildman–Crippen MR) is 84.9 cm³/mol. The Balaban J connectivity index is 1.81. The Morgan fingerprint density at radius 1 is 1.14 bits per heavy atom. The number of hydrogen-bond acceptors (Lipinski definition) is 4. The highest BCUT2D eigenvalue weighted by Gasteiger charge is 2.20. The lowest BCUT2D eigenvalue weighted by Gasteiger charge is -2.10. The summed E-state index contributed by atoms with van der Waals surface area (Å²) in [6.07, 6.45) is 4.62. The van der Waals surface area contributed by atoms with E-state index in [0.717, 1.165) is 34.7 Å². The second-order valence-corrected chi connectivity index (χ2v) is 7.28. The first-order chi connectivity index (χ1) is 10.1. The van der Waals surface area contributed by atoms with Gasteiger partial charge in [-0.2, -0.15) is 0 Å². The molecule has 4 nitrogen and oxygen atoms in total. The summed E-state index contributed by atoms with van der Waals surface area (Å²) in [6.45, 7) is 2.05. The Morgan fingerprint density at radius 2 is 1.86 bits per heavy atom. The predicted octanol–water partition coefficient (Wildman–Crippen LogP) is 3.95. The van der Waals surface area contributed by atoms with Gasteiger partial charge in [0.1, 0.15) is 4.88 Å². The molecule has 0 aromatic carbocycles. The number of anilines is 1. The Labute approximate surface area is 130 Å². The number of carboxylic acids is 1. The van der Waals surface area contributed by atoms with E-state index in [-0.39, 0.29) is 10.8 Å². The van der Waals surface area contributed by atoms with Gasteiger partial charge in [0, 0.05) is 4.88 Å². The fraction of sp³-hybridized carbons (Fsp3) is 0.333. The number of rotatable bonds is 3. The van der Waals surface area contributed by atoms with E-state index in [2.05, 4.69) is 5.32 Å². The summed E-state index contributed by atoms with van der Waals surface area (Å²) in [5, 5.41) is 12.7. The molecule has 6 heteroatoms. The van der Waals surface area contributed by atoms with Crippen molar-refractivity contribution in [2.45, 2.75) is 32.6 Å². The smallest absolute Gasteiger partial charge is 0.345 e. The van der Waals surface area contributed by atoms with Crippen LogP contribution in [0.15, 0.2) is 12.1 Å². The van der Waals surface area contributed by atoms with Crippen LogP contribution in [0.5, 0.6) is 0 Å². The summed E-state index contributed by atoms with van der Waals surface area (Å²) in [5.74, 6) is -1.23. The molecule has 2 aromatic heterocycles. The van der Waals surface area contributed by atoms with Crippen LogP contribution in [0.2, 0.25) is 0 Å². The third-order valence-electron chi connectivity index (χ3n) is 3.70. The number of carbonyl (C=O) groups is 2. The molecule has 0 radical (unpaired) electrons. The first-order valence-corrected chi connectivity index (χ1v) is 8.45. The van der Waals surface area contributed by atoms with Gasteiger partial charge in [0.25, 0.3) is 5.91 Å². The van der Waals surface area contributed by atoms with E-state index in [4.69, 9.17) is 5.11 Å². The van der Waals surface area contributed by atoms with Gasteiger partial charge in [-0.25, -0.2) is 4.79 Å². The Hall–Kier alpha value is -1.66. The quantitative estimate of drug-likeness (QED) is 0.899. The van der Waals surface area contributed by atoms with Gasteiger partial charge in [0.2, 0.25) is 0 Å². The second kappa shape index (κ2) is 5.61. The van der Waals surface area contributed by atoms with Crippen LogP contribution in [0.1, 0.15) is 48.2 Å². The number of nitrogens with one attached hydrogen (secondary N) is 1. The molecule has 0 bridgehead atoms. The molecule has 2 heterocycles. The molecule has 21 heavy (non-hydrogen) atoms. The minimum atomic E-state index is -0.998. The summed E-state index contributed by atoms with van der Waals surface area (Å²) in [6, 6.07) is 3.03. The SMILES string of the molecule is Cc1c(NC(=O)c2ccc(C(=O)O)s2)sc2c1CCCC2. The molecule has 0 saturated heterocycles. The highest BCUT2D eigenvalue weighted by molar-refractivity contribution is 7.17. The van der Waals surface area contributed by atoms with E-state index in [9.17, 15) is 9.59 Å².